The third kappa shape index (κ3) is 7.23. The van der Waals surface area contributed by atoms with Crippen LogP contribution in [0.3, 0.4) is 0 Å². The summed E-state index contributed by atoms with van der Waals surface area (Å²) in [6, 6.07) is 3.35. The van der Waals surface area contributed by atoms with Crippen molar-refractivity contribution < 1.29 is 23.5 Å². The Morgan fingerprint density at radius 3 is 2.30 bits per heavy atom. The number of alkyl halides is 2. The van der Waals surface area contributed by atoms with E-state index >= 15 is 0 Å². The third-order valence-corrected chi connectivity index (χ3v) is 4.08. The van der Waals surface area contributed by atoms with Crippen molar-refractivity contribution in [3.63, 3.8) is 0 Å². The molecule has 150 valence electrons. The lowest BCUT2D eigenvalue weighted by atomic mass is 10.1. The monoisotopic (exact) mass is 442 g/mol. The predicted octanol–water partition coefficient (Wildman–Crippen LogP) is 5.57. The summed E-state index contributed by atoms with van der Waals surface area (Å²) in [6.45, 7) is 1.92. The number of halogens is 5. The average Bonchev–Trinajstić information content (AvgIpc) is 2.94. The second-order valence-corrected chi connectivity index (χ2v) is 6.65. The number of carboxylic acid groups (broad SMARTS) is 1. The van der Waals surface area contributed by atoms with E-state index < -0.39 is 23.7 Å². The van der Waals surface area contributed by atoms with Crippen molar-refractivity contribution >= 4 is 40.8 Å². The molecule has 1 N–H and O–H groups in total. The van der Waals surface area contributed by atoms with Gasteiger partial charge in [-0.05, 0) is 24.1 Å². The van der Waals surface area contributed by atoms with Gasteiger partial charge in [-0.3, -0.25) is 4.68 Å². The van der Waals surface area contributed by atoms with E-state index in [2.05, 4.69) is 10.6 Å². The molecule has 0 amide bonds. The lowest BCUT2D eigenvalue weighted by molar-refractivity contribution is 0.0684. The van der Waals surface area contributed by atoms with Crippen LogP contribution in [-0.4, -0.2) is 34.0 Å². The second kappa shape index (κ2) is 10.8. The second-order valence-electron chi connectivity index (χ2n) is 5.40. The normalized spacial score (nSPS) is 11.9. The Bertz CT molecular complexity index is 765. The van der Waals surface area contributed by atoms with Crippen molar-refractivity contribution in [1.82, 2.24) is 9.78 Å². The van der Waals surface area contributed by atoms with Crippen LogP contribution in [0.1, 0.15) is 35.0 Å². The third-order valence-electron chi connectivity index (χ3n) is 3.19. The molecule has 0 fully saturated rings. The van der Waals surface area contributed by atoms with E-state index in [1.807, 2.05) is 6.92 Å². The van der Waals surface area contributed by atoms with Crippen LogP contribution in [0, 0.1) is 0 Å². The topological polar surface area (TPSA) is 78.5 Å². The van der Waals surface area contributed by atoms with Crippen molar-refractivity contribution in [2.75, 3.05) is 7.11 Å². The maximum absolute atomic E-state index is 12.1. The zero-order valence-electron chi connectivity index (χ0n) is 14.6. The first-order valence-electron chi connectivity index (χ1n) is 7.48. The average molecular weight is 444 g/mol. The minimum Gasteiger partial charge on any atom is -0.532 e. The first-order valence-corrected chi connectivity index (χ1v) is 8.61. The summed E-state index contributed by atoms with van der Waals surface area (Å²) in [5, 5.41) is 13.4. The SMILES string of the molecule is CO[N-]C(C)Cc1c(Cl)cc(Cl)cc1Cl.Cn1cc(C(=O)O)c(C(F)F)n1. The van der Waals surface area contributed by atoms with Gasteiger partial charge in [0.2, 0.25) is 0 Å². The molecule has 0 bridgehead atoms. The lowest BCUT2D eigenvalue weighted by Gasteiger charge is -2.27. The Morgan fingerprint density at radius 2 is 1.89 bits per heavy atom. The van der Waals surface area contributed by atoms with E-state index in [9.17, 15) is 13.6 Å². The molecule has 0 aliphatic carbocycles. The van der Waals surface area contributed by atoms with Crippen LogP contribution in [0.25, 0.3) is 5.48 Å². The molecule has 0 saturated carbocycles. The number of carbonyl (C=O) groups is 1. The van der Waals surface area contributed by atoms with E-state index in [4.69, 9.17) is 44.7 Å². The van der Waals surface area contributed by atoms with Crippen LogP contribution >= 0.6 is 34.8 Å². The zero-order valence-corrected chi connectivity index (χ0v) is 16.9. The number of hydroxylamine groups is 1. The highest BCUT2D eigenvalue weighted by atomic mass is 35.5. The summed E-state index contributed by atoms with van der Waals surface area (Å²) >= 11 is 17.9. The molecule has 6 nitrogen and oxygen atoms in total. The smallest absolute Gasteiger partial charge is 0.339 e. The molecule has 2 aromatic rings. The van der Waals surface area contributed by atoms with Gasteiger partial charge < -0.3 is 15.4 Å². The van der Waals surface area contributed by atoms with Crippen LogP contribution < -0.4 is 0 Å². The van der Waals surface area contributed by atoms with E-state index in [-0.39, 0.29) is 6.04 Å². The Hall–Kier alpha value is -1.45. The maximum atomic E-state index is 12.1. The molecule has 0 spiro atoms. The molecule has 1 aromatic heterocycles. The van der Waals surface area contributed by atoms with Crippen LogP contribution in [0.4, 0.5) is 8.78 Å². The summed E-state index contributed by atoms with van der Waals surface area (Å²) in [7, 11) is 2.90. The molecule has 0 saturated heterocycles. The maximum Gasteiger partial charge on any atom is 0.339 e. The molecule has 27 heavy (non-hydrogen) atoms. The number of carboxylic acids is 1. The largest absolute Gasteiger partial charge is 0.532 e. The van der Waals surface area contributed by atoms with Gasteiger partial charge >= 0.3 is 5.97 Å². The number of benzene rings is 1. The van der Waals surface area contributed by atoms with Crippen molar-refractivity contribution in [1.29, 1.82) is 0 Å². The number of aromatic carboxylic acids is 1. The van der Waals surface area contributed by atoms with Gasteiger partial charge in [0.25, 0.3) is 6.43 Å². The fraction of sp³-hybridized carbons (Fsp3) is 0.375. The number of nitrogens with zero attached hydrogens (tertiary/aromatic N) is 3. The number of aryl methyl sites for hydroxylation is 1. The quantitative estimate of drug-likeness (QED) is 0.592. The molecule has 0 aliphatic heterocycles. The van der Waals surface area contributed by atoms with Crippen LogP contribution in [0.2, 0.25) is 15.1 Å². The van der Waals surface area contributed by atoms with Gasteiger partial charge in [0, 0.05) is 35.4 Å². The molecule has 0 radical (unpaired) electrons. The Balaban J connectivity index is 0.000000277. The fourth-order valence-corrected chi connectivity index (χ4v) is 3.08. The first-order chi connectivity index (χ1) is 12.6. The highest BCUT2D eigenvalue weighted by molar-refractivity contribution is 6.39. The van der Waals surface area contributed by atoms with Crippen molar-refractivity contribution in [2.45, 2.75) is 25.8 Å². The minimum absolute atomic E-state index is 0.00572. The fourth-order valence-electron chi connectivity index (χ4n) is 2.11. The van der Waals surface area contributed by atoms with E-state index in [0.717, 1.165) is 16.4 Å². The van der Waals surface area contributed by atoms with Gasteiger partial charge in [0.1, 0.15) is 11.3 Å². The van der Waals surface area contributed by atoms with Gasteiger partial charge in [-0.1, -0.05) is 41.7 Å². The van der Waals surface area contributed by atoms with Crippen LogP contribution in [0.15, 0.2) is 18.3 Å². The van der Waals surface area contributed by atoms with Gasteiger partial charge in [0.05, 0.1) is 0 Å². The highest BCUT2D eigenvalue weighted by Gasteiger charge is 2.21. The molecule has 1 heterocycles. The summed E-state index contributed by atoms with van der Waals surface area (Å²) in [4.78, 5) is 15.0. The number of hydrogen-bond donors (Lipinski definition) is 1. The van der Waals surface area contributed by atoms with Gasteiger partial charge in [-0.2, -0.15) is 5.10 Å². The number of hydrogen-bond acceptors (Lipinski definition) is 3. The molecular weight excluding hydrogens is 427 g/mol. The van der Waals surface area contributed by atoms with Crippen molar-refractivity contribution in [3.05, 3.63) is 55.7 Å². The highest BCUT2D eigenvalue weighted by Crippen LogP contribution is 2.30. The summed E-state index contributed by atoms with van der Waals surface area (Å²) in [5.74, 6) is -1.39. The summed E-state index contributed by atoms with van der Waals surface area (Å²) in [5.41, 5.74) is 3.58. The first kappa shape index (κ1) is 23.6. The number of aromatic nitrogens is 2. The Labute approximate surface area is 169 Å². The molecular formula is C16H17Cl3F2N3O3-. The molecule has 2 rings (SSSR count). The minimum atomic E-state index is -2.85. The van der Waals surface area contributed by atoms with Crippen LogP contribution in [0.5, 0.6) is 0 Å². The molecule has 1 unspecified atom stereocenters. The van der Waals surface area contributed by atoms with E-state index in [1.165, 1.54) is 14.2 Å². The van der Waals surface area contributed by atoms with Crippen molar-refractivity contribution in [2.24, 2.45) is 7.05 Å². The Morgan fingerprint density at radius 1 is 1.33 bits per heavy atom. The van der Waals surface area contributed by atoms with E-state index in [0.29, 0.717) is 21.5 Å². The van der Waals surface area contributed by atoms with Gasteiger partial charge in [-0.15, -0.1) is 6.04 Å². The lowest BCUT2D eigenvalue weighted by Crippen LogP contribution is -2.06. The number of rotatable bonds is 6. The van der Waals surface area contributed by atoms with E-state index in [1.54, 1.807) is 12.1 Å². The molecule has 1 aromatic carbocycles. The predicted molar refractivity (Wildman–Crippen MR) is 100 cm³/mol. The zero-order chi connectivity index (χ0) is 20.7. The van der Waals surface area contributed by atoms with Gasteiger partial charge in [0.15, 0.2) is 0 Å². The summed E-state index contributed by atoms with van der Waals surface area (Å²) in [6.07, 6.45) is -1.18. The summed E-state index contributed by atoms with van der Waals surface area (Å²) < 4.78 is 25.2. The van der Waals surface area contributed by atoms with Crippen molar-refractivity contribution in [3.8, 4) is 0 Å². The van der Waals surface area contributed by atoms with Gasteiger partial charge in [-0.25, -0.2) is 13.6 Å². The molecule has 11 heteroatoms. The molecule has 1 atom stereocenters. The van der Waals surface area contributed by atoms with Crippen LogP contribution in [-0.2, 0) is 18.3 Å². The molecule has 0 aliphatic rings. The standard InChI is InChI=1S/C10H11Cl3NO.C6H6F2N2O2/c1-6(14-15-2)3-8-9(12)4-7(11)5-10(8)13;1-10-2-3(6(11)12)4(9-10)5(7)8/h4-6H,3H2,1-2H3;2,5H,1H3,(H,11,12)/q-1;. The Kier molecular flexibility index (Phi) is 9.41.